The maximum atomic E-state index is 14.1. The van der Waals surface area contributed by atoms with Crippen LogP contribution in [0.4, 0.5) is 35.1 Å². The summed E-state index contributed by atoms with van der Waals surface area (Å²) in [5, 5.41) is 0.273. The molecule has 12 aromatic rings. The summed E-state index contributed by atoms with van der Waals surface area (Å²) < 4.78 is 107. The van der Waals surface area contributed by atoms with Crippen molar-refractivity contribution in [3.05, 3.63) is 413 Å². The molecule has 8 aromatic carbocycles. The number of aromatic amines is 8. The summed E-state index contributed by atoms with van der Waals surface area (Å²) in [7, 11) is 0. The number of alkyl halides is 3. The molecule has 4 heterocycles. The third-order valence-electron chi connectivity index (χ3n) is 23.7. The Morgan fingerprint density at radius 2 is 0.585 bits per heavy atom. The van der Waals surface area contributed by atoms with E-state index in [1.165, 1.54) is 58.7 Å². The number of rotatable bonds is 16. The molecule has 4 fully saturated rings. The Morgan fingerprint density at radius 3 is 0.907 bits per heavy atom. The molecule has 0 atom stereocenters. The van der Waals surface area contributed by atoms with E-state index in [2.05, 4.69) is 101 Å². The summed E-state index contributed by atoms with van der Waals surface area (Å²) in [5.41, 5.74) is 6.15. The van der Waals surface area contributed by atoms with E-state index < -0.39 is 85.8 Å². The molecule has 4 aliphatic carbocycles. The van der Waals surface area contributed by atoms with Gasteiger partial charge in [0.25, 0.3) is 22.2 Å². The molecule has 4 aliphatic rings. The van der Waals surface area contributed by atoms with E-state index in [-0.39, 0.29) is 59.9 Å². The van der Waals surface area contributed by atoms with Gasteiger partial charge in [-0.1, -0.05) is 169 Å². The molecule has 16 nitrogen and oxygen atoms in total. The molecule has 0 amide bonds. The van der Waals surface area contributed by atoms with Gasteiger partial charge in [0, 0.05) is 81.8 Å². The highest BCUT2D eigenvalue weighted by Crippen LogP contribution is 2.45. The van der Waals surface area contributed by atoms with Gasteiger partial charge < -0.3 is 19.9 Å². The largest absolute Gasteiger partial charge is 0.416 e. The van der Waals surface area contributed by atoms with Gasteiger partial charge in [-0.15, -0.1) is 0 Å². The fraction of sp³-hybridized carbons (Fsp3) is 0.312. The molecule has 0 unspecified atom stereocenters. The third kappa shape index (κ3) is 21.5. The van der Waals surface area contributed by atoms with Crippen LogP contribution in [0.1, 0.15) is 245 Å². The lowest BCUT2D eigenvalue weighted by Gasteiger charge is -2.29. The van der Waals surface area contributed by atoms with Crippen LogP contribution in [-0.2, 0) is 31.9 Å². The van der Waals surface area contributed by atoms with Crippen LogP contribution in [0.15, 0.2) is 239 Å². The van der Waals surface area contributed by atoms with Crippen molar-refractivity contribution in [2.45, 2.75) is 182 Å². The molecule has 4 aromatic heterocycles. The van der Waals surface area contributed by atoms with E-state index in [1.807, 2.05) is 60.7 Å². The second kappa shape index (κ2) is 38.5. The fourth-order valence-electron chi connectivity index (χ4n) is 17.6. The predicted molar refractivity (Wildman–Crippen MR) is 439 cm³/mol. The molecular formula is C93H89ClF8N8O8. The summed E-state index contributed by atoms with van der Waals surface area (Å²) in [5.74, 6) is -1.62. The zero-order chi connectivity index (χ0) is 83.2. The summed E-state index contributed by atoms with van der Waals surface area (Å²) >= 11 is 6.16. The topological polar surface area (TPSA) is 263 Å². The molecule has 16 rings (SSSR count). The predicted octanol–water partition coefficient (Wildman–Crippen LogP) is 18.7. The lowest BCUT2D eigenvalue weighted by atomic mass is 9.76. The third-order valence-corrected chi connectivity index (χ3v) is 24.0. The van der Waals surface area contributed by atoms with E-state index in [0.717, 1.165) is 133 Å². The van der Waals surface area contributed by atoms with E-state index in [0.29, 0.717) is 85.4 Å². The van der Waals surface area contributed by atoms with Gasteiger partial charge in [-0.3, -0.25) is 39.1 Å². The Morgan fingerprint density at radius 1 is 0.280 bits per heavy atom. The van der Waals surface area contributed by atoms with Crippen LogP contribution in [0.2, 0.25) is 5.02 Å². The summed E-state index contributed by atoms with van der Waals surface area (Å²) in [6.45, 7) is 0. The van der Waals surface area contributed by atoms with Gasteiger partial charge in [-0.25, -0.2) is 41.1 Å². The quantitative estimate of drug-likeness (QED) is 0.0430. The number of hydrogen-bond acceptors (Lipinski definition) is 8. The SMILES string of the molecule is O=c1[nH]c(C2CCC(c3ccccc3)CC2)c(Cc2ccc(F)c(F)c2)c(=O)[nH]1.O=c1[nH]c(C2CCC(c3ccccc3)CC2)c(Cc2ccc(F)cc2Cl)c(=O)[nH]1.O=c1[nH]c(C2CCC(c3ccccc3)CC2)c(Cc2ccc(F)cc2F)c(=O)[nH]1.O=c1[nH]c(C2CCC(c3ccccc3)CC2)c(Cc2cccc(C(F)(F)F)c2)c(=O)[nH]1. The van der Waals surface area contributed by atoms with Crippen molar-refractivity contribution < 1.29 is 35.1 Å². The molecule has 4 saturated carbocycles. The molecule has 8 N–H and O–H groups in total. The molecular weight excluding hydrogens is 1540 g/mol. The lowest BCUT2D eigenvalue weighted by Crippen LogP contribution is -2.30. The van der Waals surface area contributed by atoms with Gasteiger partial charge in [0.2, 0.25) is 0 Å². The smallest absolute Gasteiger partial charge is 0.311 e. The number of nitrogens with one attached hydrogen (secondary N) is 8. The van der Waals surface area contributed by atoms with E-state index >= 15 is 0 Å². The molecule has 0 bridgehead atoms. The van der Waals surface area contributed by atoms with Gasteiger partial charge in [0.05, 0.1) is 5.56 Å². The van der Waals surface area contributed by atoms with Crippen LogP contribution >= 0.6 is 11.6 Å². The molecule has 0 spiro atoms. The fourth-order valence-corrected chi connectivity index (χ4v) is 17.8. The van der Waals surface area contributed by atoms with Crippen molar-refractivity contribution in [1.29, 1.82) is 0 Å². The molecule has 0 radical (unpaired) electrons. The molecule has 0 saturated heterocycles. The van der Waals surface area contributed by atoms with Crippen molar-refractivity contribution in [3.63, 3.8) is 0 Å². The average molecular weight is 1630 g/mol. The van der Waals surface area contributed by atoms with E-state index in [4.69, 9.17) is 11.6 Å². The van der Waals surface area contributed by atoms with Crippen molar-refractivity contribution in [2.24, 2.45) is 0 Å². The first-order valence-electron chi connectivity index (χ1n) is 39.9. The van der Waals surface area contributed by atoms with Crippen molar-refractivity contribution in [3.8, 4) is 0 Å². The molecule has 118 heavy (non-hydrogen) atoms. The number of H-pyrrole nitrogens is 8. The van der Waals surface area contributed by atoms with E-state index in [1.54, 1.807) is 12.1 Å². The minimum atomic E-state index is -4.45. The molecule has 25 heteroatoms. The van der Waals surface area contributed by atoms with Gasteiger partial charge in [-0.2, -0.15) is 13.2 Å². The zero-order valence-electron chi connectivity index (χ0n) is 64.5. The average Bonchev–Trinajstić information content (AvgIpc) is 0.800. The Hall–Kier alpha value is -11.8. The number of aromatic nitrogens is 8. The second-order valence-electron chi connectivity index (χ2n) is 31.2. The molecule has 0 aliphatic heterocycles. The standard InChI is InChI=1S/C24H23F3N2O2.C23H22ClFN2O2.2C23H22F2N2O2/c25-24(26,27)19-8-4-5-15(13-19)14-20-21(28-23(31)29-22(20)30)18-11-9-17(10-12-18)16-6-2-1-3-7-16;24-20-13-18(25)11-10-17(20)12-19-21(26-23(29)27-22(19)28)16-8-6-15(7-9-16)14-4-2-1-3-5-14;24-19-11-6-14(13-20(19)25)12-18-21(26-23(29)27-22(18)28)17-9-7-16(8-10-17)15-4-2-1-3-5-15;24-18-11-10-17(20(25)13-18)12-19-21(26-23(29)27-22(19)28)16-8-6-15(7-9-16)14-4-2-1-3-5-14/h1-8,13,17-18H,9-12,14H2,(H2,28,29,30,31);1-5,10-11,13,15-16H,6-9,12H2,(H2,26,27,28,29);1-6,11,13,16-17H,7-10,12H2,(H2,26,27,28,29);1-5,10-11,13,15-16H,6-9,12H2,(H2,26,27,28,29). The first-order valence-corrected chi connectivity index (χ1v) is 40.3. The number of benzene rings is 8. The van der Waals surface area contributed by atoms with Crippen molar-refractivity contribution >= 4 is 11.6 Å². The van der Waals surface area contributed by atoms with Crippen LogP contribution in [-0.4, -0.2) is 39.9 Å². The highest BCUT2D eigenvalue weighted by atomic mass is 35.5. The first kappa shape index (κ1) is 84.1. The number of halogens is 9. The minimum Gasteiger partial charge on any atom is -0.311 e. The monoisotopic (exact) mass is 1630 g/mol. The first-order chi connectivity index (χ1) is 56.8. The highest BCUT2D eigenvalue weighted by molar-refractivity contribution is 6.31. The zero-order valence-corrected chi connectivity index (χ0v) is 65.2. The van der Waals surface area contributed by atoms with Gasteiger partial charge in [0.1, 0.15) is 17.5 Å². The van der Waals surface area contributed by atoms with Crippen LogP contribution in [0, 0.1) is 29.1 Å². The second-order valence-corrected chi connectivity index (χ2v) is 31.6. The van der Waals surface area contributed by atoms with Crippen LogP contribution < -0.4 is 45.0 Å². The minimum absolute atomic E-state index is 0.00392. The molecule has 612 valence electrons. The Kier molecular flexibility index (Phi) is 27.5. The van der Waals surface area contributed by atoms with Crippen LogP contribution in [0.3, 0.4) is 0 Å². The van der Waals surface area contributed by atoms with Crippen LogP contribution in [0.5, 0.6) is 0 Å². The maximum Gasteiger partial charge on any atom is 0.416 e. The Labute approximate surface area is 677 Å². The van der Waals surface area contributed by atoms with Crippen LogP contribution in [0.25, 0.3) is 0 Å². The van der Waals surface area contributed by atoms with E-state index in [9.17, 15) is 73.5 Å². The summed E-state index contributed by atoms with van der Waals surface area (Å²) in [6.07, 6.45) is 10.4. The van der Waals surface area contributed by atoms with Crippen molar-refractivity contribution in [2.75, 3.05) is 0 Å². The summed E-state index contributed by atoms with van der Waals surface area (Å²) in [6, 6.07) is 57.4. The highest BCUT2D eigenvalue weighted by Gasteiger charge is 2.34. The van der Waals surface area contributed by atoms with Gasteiger partial charge in [-0.05, 0) is 231 Å². The normalized spacial score (nSPS) is 19.3. The maximum absolute atomic E-state index is 14.1. The number of hydrogen-bond donors (Lipinski definition) is 8. The van der Waals surface area contributed by atoms with Gasteiger partial charge >= 0.3 is 28.9 Å². The van der Waals surface area contributed by atoms with Crippen molar-refractivity contribution in [1.82, 2.24) is 39.9 Å². The summed E-state index contributed by atoms with van der Waals surface area (Å²) in [4.78, 5) is 118. The Balaban J connectivity index is 0.000000136. The lowest BCUT2D eigenvalue weighted by molar-refractivity contribution is -0.137. The van der Waals surface area contributed by atoms with Gasteiger partial charge in [0.15, 0.2) is 11.6 Å². The Bertz CT molecular complexity index is 5780.